The Labute approximate surface area is 168 Å². The molecule has 2 aliphatic rings. The van der Waals surface area contributed by atoms with Crippen LogP contribution in [0.5, 0.6) is 0 Å². The summed E-state index contributed by atoms with van der Waals surface area (Å²) in [7, 11) is 2.08. The molecule has 0 saturated carbocycles. The fraction of sp³-hybridized carbons (Fsp3) is 0.400. The third-order valence-electron chi connectivity index (χ3n) is 6.09. The Balaban J connectivity index is 1.21. The van der Waals surface area contributed by atoms with Crippen LogP contribution < -0.4 is 10.4 Å². The summed E-state index contributed by atoms with van der Waals surface area (Å²) < 4.78 is 2.18. The topological polar surface area (TPSA) is 99.4 Å². The molecule has 2 aromatic heterocycles. The fourth-order valence-corrected chi connectivity index (χ4v) is 4.58. The molecule has 9 heteroatoms. The average Bonchev–Trinajstić information content (AvgIpc) is 3.30. The first kappa shape index (κ1) is 18.0. The number of para-hydroxylation sites is 2. The number of imidazole rings is 1. The Kier molecular flexibility index (Phi) is 4.21. The minimum atomic E-state index is -0.606. The van der Waals surface area contributed by atoms with Crippen LogP contribution in [0.3, 0.4) is 0 Å². The largest absolute Gasteiger partial charge is 0.340 e. The lowest BCUT2D eigenvalue weighted by Gasteiger charge is -2.47. The fourth-order valence-electron chi connectivity index (χ4n) is 4.58. The number of rotatable bonds is 4. The lowest BCUT2D eigenvalue weighted by molar-refractivity contribution is 0.00923. The quantitative estimate of drug-likeness (QED) is 0.507. The second-order valence-electron chi connectivity index (χ2n) is 8.11. The molecule has 0 atom stereocenters. The molecule has 150 valence electrons. The highest BCUT2D eigenvalue weighted by Crippen LogP contribution is 2.41. The van der Waals surface area contributed by atoms with E-state index in [1.807, 2.05) is 12.1 Å². The smallest absolute Gasteiger partial charge is 0.277 e. The van der Waals surface area contributed by atoms with Gasteiger partial charge in [-0.2, -0.15) is 0 Å². The molecule has 4 heterocycles. The van der Waals surface area contributed by atoms with Gasteiger partial charge in [0, 0.05) is 51.0 Å². The number of hydroxylamine groups is 1. The van der Waals surface area contributed by atoms with Crippen molar-refractivity contribution in [3.05, 3.63) is 48.0 Å². The van der Waals surface area contributed by atoms with E-state index >= 15 is 0 Å². The van der Waals surface area contributed by atoms with Crippen molar-refractivity contribution in [2.75, 3.05) is 31.1 Å². The van der Waals surface area contributed by atoms with Crippen LogP contribution in [0.2, 0.25) is 0 Å². The summed E-state index contributed by atoms with van der Waals surface area (Å²) >= 11 is 0. The van der Waals surface area contributed by atoms with Crippen LogP contribution in [-0.2, 0) is 13.6 Å². The molecule has 3 aromatic rings. The van der Waals surface area contributed by atoms with Gasteiger partial charge in [0.05, 0.1) is 23.1 Å². The van der Waals surface area contributed by atoms with Gasteiger partial charge >= 0.3 is 0 Å². The molecule has 1 aromatic carbocycles. The maximum Gasteiger partial charge on any atom is 0.277 e. The molecule has 0 aliphatic carbocycles. The zero-order valence-electron chi connectivity index (χ0n) is 16.2. The minimum absolute atomic E-state index is 0.238. The number of nitrogens with one attached hydrogen (secondary N) is 1. The molecule has 2 fully saturated rings. The van der Waals surface area contributed by atoms with Gasteiger partial charge in [-0.05, 0) is 18.6 Å². The summed E-state index contributed by atoms with van der Waals surface area (Å²) in [5, 5.41) is 8.69. The number of aromatic nitrogens is 4. The molecule has 2 aliphatic heterocycles. The number of fused-ring (bicyclic) bond motifs is 1. The van der Waals surface area contributed by atoms with Gasteiger partial charge in [-0.1, -0.05) is 12.1 Å². The van der Waals surface area contributed by atoms with Crippen LogP contribution in [0.1, 0.15) is 22.6 Å². The maximum absolute atomic E-state index is 11.4. The highest BCUT2D eigenvalue weighted by atomic mass is 16.5. The standard InChI is InChI=1S/C20H23N7O2/c1-25-16-5-3-2-4-15(16)23-17(25)10-26-11-20(12-26)6-7-27(13-20)19-21-8-14(9-22-19)18(28)24-29/h2-5,8-9,29H,6-7,10-13H2,1H3,(H,24,28). The van der Waals surface area contributed by atoms with Crippen molar-refractivity contribution in [3.63, 3.8) is 0 Å². The molecule has 9 nitrogen and oxygen atoms in total. The van der Waals surface area contributed by atoms with Crippen molar-refractivity contribution < 1.29 is 10.0 Å². The van der Waals surface area contributed by atoms with Gasteiger partial charge in [-0.15, -0.1) is 0 Å². The van der Waals surface area contributed by atoms with Crippen molar-refractivity contribution >= 4 is 22.9 Å². The van der Waals surface area contributed by atoms with Crippen molar-refractivity contribution in [1.29, 1.82) is 0 Å². The Morgan fingerprint density at radius 3 is 2.69 bits per heavy atom. The second-order valence-corrected chi connectivity index (χ2v) is 8.11. The molecular weight excluding hydrogens is 370 g/mol. The Bertz CT molecular complexity index is 1060. The summed E-state index contributed by atoms with van der Waals surface area (Å²) in [5.41, 5.74) is 4.32. The third kappa shape index (κ3) is 3.12. The van der Waals surface area contributed by atoms with E-state index in [0.717, 1.165) is 50.5 Å². The summed E-state index contributed by atoms with van der Waals surface area (Å²) in [6.07, 6.45) is 3.99. The summed E-state index contributed by atoms with van der Waals surface area (Å²) in [4.78, 5) is 29.4. The molecule has 0 unspecified atom stereocenters. The van der Waals surface area contributed by atoms with Gasteiger partial charge in [0.15, 0.2) is 0 Å². The Hall–Kier alpha value is -3.04. The number of benzene rings is 1. The highest BCUT2D eigenvalue weighted by Gasteiger charge is 2.48. The number of hydrogen-bond donors (Lipinski definition) is 2. The number of nitrogens with zero attached hydrogens (tertiary/aromatic N) is 6. The summed E-state index contributed by atoms with van der Waals surface area (Å²) in [6, 6.07) is 8.23. The normalized spacial score (nSPS) is 18.3. The van der Waals surface area contributed by atoms with E-state index in [1.165, 1.54) is 17.9 Å². The molecule has 2 saturated heterocycles. The summed E-state index contributed by atoms with van der Waals surface area (Å²) in [5.74, 6) is 1.12. The molecule has 1 amide bonds. The Morgan fingerprint density at radius 2 is 1.97 bits per heavy atom. The van der Waals surface area contributed by atoms with E-state index in [9.17, 15) is 4.79 Å². The molecule has 0 bridgehead atoms. The maximum atomic E-state index is 11.4. The third-order valence-corrected chi connectivity index (χ3v) is 6.09. The number of carbonyl (C=O) groups is 1. The highest BCUT2D eigenvalue weighted by molar-refractivity contribution is 5.92. The van der Waals surface area contributed by atoms with Gasteiger partial charge < -0.3 is 9.47 Å². The first-order valence-corrected chi connectivity index (χ1v) is 9.71. The van der Waals surface area contributed by atoms with Crippen molar-refractivity contribution in [3.8, 4) is 0 Å². The van der Waals surface area contributed by atoms with E-state index in [1.54, 1.807) is 5.48 Å². The predicted molar refractivity (Wildman–Crippen MR) is 107 cm³/mol. The number of likely N-dealkylation sites (tertiary alicyclic amines) is 1. The molecule has 1 spiro atoms. The first-order chi connectivity index (χ1) is 14.1. The van der Waals surface area contributed by atoms with Gasteiger partial charge in [0.1, 0.15) is 5.82 Å². The molecule has 2 N–H and O–H groups in total. The SMILES string of the molecule is Cn1c(CN2CC3(CCN(c4ncc(C(=O)NO)cn4)C3)C2)nc2ccccc21. The van der Waals surface area contributed by atoms with E-state index < -0.39 is 5.91 Å². The number of hydrogen-bond acceptors (Lipinski definition) is 7. The van der Waals surface area contributed by atoms with E-state index in [0.29, 0.717) is 5.95 Å². The number of anilines is 1. The lowest BCUT2D eigenvalue weighted by atomic mass is 9.79. The van der Waals surface area contributed by atoms with Crippen molar-refractivity contribution in [2.45, 2.75) is 13.0 Å². The van der Waals surface area contributed by atoms with E-state index in [2.05, 4.69) is 43.5 Å². The molecule has 0 radical (unpaired) electrons. The van der Waals surface area contributed by atoms with Gasteiger partial charge in [0.2, 0.25) is 5.95 Å². The second kappa shape index (κ2) is 6.78. The average molecular weight is 393 g/mol. The van der Waals surface area contributed by atoms with Crippen LogP contribution >= 0.6 is 0 Å². The molecule has 29 heavy (non-hydrogen) atoms. The van der Waals surface area contributed by atoms with Crippen LogP contribution in [0, 0.1) is 5.41 Å². The van der Waals surface area contributed by atoms with E-state index in [4.69, 9.17) is 10.2 Å². The molecule has 5 rings (SSSR count). The van der Waals surface area contributed by atoms with Crippen molar-refractivity contribution in [2.24, 2.45) is 12.5 Å². The number of amides is 1. The number of aryl methyl sites for hydroxylation is 1. The predicted octanol–water partition coefficient (Wildman–Crippen LogP) is 1.19. The summed E-state index contributed by atoms with van der Waals surface area (Å²) in [6.45, 7) is 4.76. The first-order valence-electron chi connectivity index (χ1n) is 9.71. The van der Waals surface area contributed by atoms with Gasteiger partial charge in [-0.3, -0.25) is 14.9 Å². The number of carbonyl (C=O) groups excluding carboxylic acids is 1. The zero-order chi connectivity index (χ0) is 20.0. The van der Waals surface area contributed by atoms with Crippen LogP contribution in [-0.4, -0.2) is 61.7 Å². The molecular formula is C20H23N7O2. The van der Waals surface area contributed by atoms with Crippen LogP contribution in [0.25, 0.3) is 11.0 Å². The van der Waals surface area contributed by atoms with E-state index in [-0.39, 0.29) is 11.0 Å². The van der Waals surface area contributed by atoms with Crippen LogP contribution in [0.4, 0.5) is 5.95 Å². The Morgan fingerprint density at radius 1 is 1.21 bits per heavy atom. The monoisotopic (exact) mass is 393 g/mol. The zero-order valence-corrected chi connectivity index (χ0v) is 16.2. The van der Waals surface area contributed by atoms with Crippen LogP contribution in [0.15, 0.2) is 36.7 Å². The van der Waals surface area contributed by atoms with Crippen molar-refractivity contribution in [1.82, 2.24) is 29.9 Å². The van der Waals surface area contributed by atoms with Gasteiger partial charge in [-0.25, -0.2) is 20.4 Å². The lowest BCUT2D eigenvalue weighted by Crippen LogP contribution is -2.57. The van der Waals surface area contributed by atoms with Gasteiger partial charge in [0.25, 0.3) is 5.91 Å². The minimum Gasteiger partial charge on any atom is -0.340 e.